The minimum absolute atomic E-state index is 0.112. The number of benzene rings is 1. The molecule has 0 aliphatic carbocycles. The lowest BCUT2D eigenvalue weighted by molar-refractivity contribution is 0.390. The molecule has 0 spiro atoms. The van der Waals surface area contributed by atoms with Crippen LogP contribution in [0.4, 0.5) is 0 Å². The van der Waals surface area contributed by atoms with E-state index in [0.717, 1.165) is 18.5 Å². The average Bonchev–Trinajstić information content (AvgIpc) is 2.89. The maximum atomic E-state index is 12.2. The Bertz CT molecular complexity index is 678. The van der Waals surface area contributed by atoms with Crippen LogP contribution in [0.15, 0.2) is 39.8 Å². The van der Waals surface area contributed by atoms with Gasteiger partial charge in [0, 0.05) is 6.07 Å². The van der Waals surface area contributed by atoms with Crippen LogP contribution in [0.3, 0.4) is 0 Å². The molecule has 0 fully saturated rings. The van der Waals surface area contributed by atoms with E-state index in [1.54, 1.807) is 25.1 Å². The maximum absolute atomic E-state index is 12.2. The fourth-order valence-corrected chi connectivity index (χ4v) is 2.86. The van der Waals surface area contributed by atoms with Crippen molar-refractivity contribution in [2.24, 2.45) is 0 Å². The van der Waals surface area contributed by atoms with Crippen LogP contribution in [0.25, 0.3) is 0 Å². The Kier molecular flexibility index (Phi) is 5.11. The molecule has 1 aromatic carbocycles. The second-order valence-corrected chi connectivity index (χ2v) is 6.52. The maximum Gasteiger partial charge on any atom is 0.240 e. The lowest BCUT2D eigenvalue weighted by atomic mass is 10.1. The number of aryl methyl sites for hydroxylation is 1. The summed E-state index contributed by atoms with van der Waals surface area (Å²) in [5.41, 5.74) is 1.65. The van der Waals surface area contributed by atoms with Gasteiger partial charge in [-0.25, -0.2) is 13.1 Å². The zero-order valence-corrected chi connectivity index (χ0v) is 12.9. The van der Waals surface area contributed by atoms with Gasteiger partial charge >= 0.3 is 0 Å². The zero-order valence-electron chi connectivity index (χ0n) is 12.1. The van der Waals surface area contributed by atoms with Crippen LogP contribution in [0.1, 0.15) is 17.0 Å². The Balaban J connectivity index is 2.01. The van der Waals surface area contributed by atoms with Gasteiger partial charge in [0.05, 0.1) is 17.1 Å². The van der Waals surface area contributed by atoms with Crippen molar-refractivity contribution in [3.8, 4) is 0 Å². The van der Waals surface area contributed by atoms with Crippen molar-refractivity contribution >= 4 is 10.0 Å². The number of nitrogens with zero attached hydrogens (tertiary/aromatic N) is 1. The number of likely N-dealkylation sites (N-methyl/N-ethyl adjacent to an activating group) is 1. The van der Waals surface area contributed by atoms with E-state index in [-0.39, 0.29) is 11.4 Å². The van der Waals surface area contributed by atoms with Crippen LogP contribution >= 0.6 is 0 Å². The van der Waals surface area contributed by atoms with Gasteiger partial charge in [0.1, 0.15) is 5.76 Å². The highest BCUT2D eigenvalue weighted by Crippen LogP contribution is 2.12. The van der Waals surface area contributed by atoms with Crippen LogP contribution in [-0.4, -0.2) is 27.2 Å². The highest BCUT2D eigenvalue weighted by atomic mass is 32.2. The predicted molar refractivity (Wildman–Crippen MR) is 79.3 cm³/mol. The van der Waals surface area contributed by atoms with Crippen LogP contribution in [0, 0.1) is 6.92 Å². The average molecular weight is 309 g/mol. The SMILES string of the molecule is CNCCc1ccc(S(=O)(=O)NCc2cc(C)on2)cc1. The molecule has 0 atom stereocenters. The molecule has 0 amide bonds. The predicted octanol–water partition coefficient (Wildman–Crippen LogP) is 1.22. The zero-order chi connectivity index (χ0) is 15.3. The minimum Gasteiger partial charge on any atom is -0.361 e. The van der Waals surface area contributed by atoms with Gasteiger partial charge in [0.2, 0.25) is 10.0 Å². The molecular formula is C14H19N3O3S. The van der Waals surface area contributed by atoms with Crippen LogP contribution in [0.2, 0.25) is 0 Å². The van der Waals surface area contributed by atoms with Crippen molar-refractivity contribution in [1.29, 1.82) is 0 Å². The summed E-state index contributed by atoms with van der Waals surface area (Å²) in [6.45, 7) is 2.73. The van der Waals surface area contributed by atoms with Crippen molar-refractivity contribution < 1.29 is 12.9 Å². The largest absolute Gasteiger partial charge is 0.361 e. The molecule has 114 valence electrons. The Hall–Kier alpha value is -1.70. The van der Waals surface area contributed by atoms with Gasteiger partial charge in [-0.2, -0.15) is 0 Å². The lowest BCUT2D eigenvalue weighted by Gasteiger charge is -2.06. The van der Waals surface area contributed by atoms with E-state index in [2.05, 4.69) is 15.2 Å². The first-order chi connectivity index (χ1) is 10.0. The molecule has 2 aromatic rings. The van der Waals surface area contributed by atoms with Gasteiger partial charge in [0.15, 0.2) is 0 Å². The molecule has 7 heteroatoms. The van der Waals surface area contributed by atoms with Gasteiger partial charge in [-0.15, -0.1) is 0 Å². The van der Waals surface area contributed by atoms with Gasteiger partial charge < -0.3 is 9.84 Å². The Morgan fingerprint density at radius 1 is 1.24 bits per heavy atom. The van der Waals surface area contributed by atoms with Crippen LogP contribution in [0.5, 0.6) is 0 Å². The molecule has 0 bridgehead atoms. The van der Waals surface area contributed by atoms with E-state index in [4.69, 9.17) is 4.52 Å². The summed E-state index contributed by atoms with van der Waals surface area (Å²) < 4.78 is 31.7. The van der Waals surface area contributed by atoms with Crippen molar-refractivity contribution in [3.05, 3.63) is 47.3 Å². The van der Waals surface area contributed by atoms with Crippen molar-refractivity contribution in [2.45, 2.75) is 24.8 Å². The van der Waals surface area contributed by atoms with Crippen molar-refractivity contribution in [3.63, 3.8) is 0 Å². The summed E-state index contributed by atoms with van der Waals surface area (Å²) in [7, 11) is -1.65. The molecule has 6 nitrogen and oxygen atoms in total. The van der Waals surface area contributed by atoms with Gasteiger partial charge in [-0.05, 0) is 44.6 Å². The van der Waals surface area contributed by atoms with Gasteiger partial charge in [0.25, 0.3) is 0 Å². The van der Waals surface area contributed by atoms with Gasteiger partial charge in [-0.1, -0.05) is 17.3 Å². The van der Waals surface area contributed by atoms with E-state index < -0.39 is 10.0 Å². The van der Waals surface area contributed by atoms with Crippen LogP contribution < -0.4 is 10.0 Å². The van der Waals surface area contributed by atoms with Gasteiger partial charge in [-0.3, -0.25) is 0 Å². The Labute approximate surface area is 124 Å². The van der Waals surface area contributed by atoms with Crippen molar-refractivity contribution in [1.82, 2.24) is 15.2 Å². The number of rotatable bonds is 7. The molecular weight excluding hydrogens is 290 g/mol. The standard InChI is InChI=1S/C14H19N3O3S/c1-11-9-13(17-20-11)10-16-21(18,19)14-5-3-12(4-6-14)7-8-15-2/h3-6,9,15-16H,7-8,10H2,1-2H3. The number of hydrogen-bond acceptors (Lipinski definition) is 5. The first kappa shape index (κ1) is 15.7. The summed E-state index contributed by atoms with van der Waals surface area (Å²) >= 11 is 0. The molecule has 21 heavy (non-hydrogen) atoms. The van der Waals surface area contributed by atoms with Crippen LogP contribution in [-0.2, 0) is 23.0 Å². The Morgan fingerprint density at radius 3 is 2.52 bits per heavy atom. The first-order valence-electron chi connectivity index (χ1n) is 6.66. The molecule has 0 aliphatic heterocycles. The molecule has 0 radical (unpaired) electrons. The number of sulfonamides is 1. The molecule has 1 aromatic heterocycles. The third-order valence-electron chi connectivity index (χ3n) is 3.02. The topological polar surface area (TPSA) is 84.2 Å². The van der Waals surface area contributed by atoms with E-state index in [1.807, 2.05) is 19.2 Å². The summed E-state index contributed by atoms with van der Waals surface area (Å²) in [5.74, 6) is 0.651. The molecule has 0 saturated heterocycles. The number of nitrogens with one attached hydrogen (secondary N) is 2. The van der Waals surface area contributed by atoms with E-state index in [1.165, 1.54) is 0 Å². The lowest BCUT2D eigenvalue weighted by Crippen LogP contribution is -2.23. The highest BCUT2D eigenvalue weighted by molar-refractivity contribution is 7.89. The summed E-state index contributed by atoms with van der Waals surface area (Å²) in [5, 5.41) is 6.81. The first-order valence-corrected chi connectivity index (χ1v) is 8.15. The van der Waals surface area contributed by atoms with Crippen molar-refractivity contribution in [2.75, 3.05) is 13.6 Å². The fourth-order valence-electron chi connectivity index (χ4n) is 1.86. The fraction of sp³-hybridized carbons (Fsp3) is 0.357. The summed E-state index contributed by atoms with van der Waals surface area (Å²) in [6, 6.07) is 8.57. The molecule has 2 rings (SSSR count). The normalized spacial score (nSPS) is 11.7. The third-order valence-corrected chi connectivity index (χ3v) is 4.43. The van der Waals surface area contributed by atoms with E-state index in [9.17, 15) is 8.42 Å². The minimum atomic E-state index is -3.53. The third kappa shape index (κ3) is 4.38. The number of aromatic nitrogens is 1. The second-order valence-electron chi connectivity index (χ2n) is 4.75. The summed E-state index contributed by atoms with van der Waals surface area (Å²) in [4.78, 5) is 0.246. The molecule has 0 saturated carbocycles. The molecule has 0 unspecified atom stereocenters. The highest BCUT2D eigenvalue weighted by Gasteiger charge is 2.14. The smallest absolute Gasteiger partial charge is 0.240 e. The number of hydrogen-bond donors (Lipinski definition) is 2. The quantitative estimate of drug-likeness (QED) is 0.803. The second kappa shape index (κ2) is 6.84. The van der Waals surface area contributed by atoms with E-state index >= 15 is 0 Å². The van der Waals surface area contributed by atoms with E-state index in [0.29, 0.717) is 11.5 Å². The summed E-state index contributed by atoms with van der Waals surface area (Å²) in [6.07, 6.45) is 0.864. The Morgan fingerprint density at radius 2 is 1.95 bits per heavy atom. The monoisotopic (exact) mass is 309 g/mol. The molecule has 2 N–H and O–H groups in total. The molecule has 1 heterocycles. The molecule has 0 aliphatic rings.